The van der Waals surface area contributed by atoms with E-state index < -0.39 is 39.6 Å². The molecular formula is C74H89N11O14S9. The third-order valence-corrected chi connectivity index (χ3v) is 21.9. The summed E-state index contributed by atoms with van der Waals surface area (Å²) in [6, 6.07) is 30.9. The Morgan fingerprint density at radius 3 is 1.41 bits per heavy atom. The monoisotopic (exact) mass is 1640 g/mol. The molecule has 0 saturated carbocycles. The second kappa shape index (κ2) is 37.7. The summed E-state index contributed by atoms with van der Waals surface area (Å²) >= 11 is 5.69. The molecular weight excluding hydrogens is 1560 g/mol. The number of nitrogens with one attached hydrogen (secondary N) is 4. The number of ether oxygens (including phenoxy) is 5. The summed E-state index contributed by atoms with van der Waals surface area (Å²) in [5, 5.41) is 21.1. The molecule has 12 aromatic rings. The van der Waals surface area contributed by atoms with E-state index in [2.05, 4.69) is 51.5 Å². The first-order valence-corrected chi connectivity index (χ1v) is 37.7. The maximum atomic E-state index is 12.4. The number of hydrogen-bond donors (Lipinski definition) is 6. The number of aromatic nitrogens is 4. The predicted octanol–water partition coefficient (Wildman–Crippen LogP) is 15.2. The molecule has 4 atom stereocenters. The van der Waals surface area contributed by atoms with Gasteiger partial charge >= 0.3 is 40.3 Å². The number of nitrogens with two attached hydrogens (primary N) is 2. The second-order valence-corrected chi connectivity index (χ2v) is 32.2. The van der Waals surface area contributed by atoms with Crippen LogP contribution < -0.4 is 32.7 Å². The Hall–Kier alpha value is -8.55. The molecule has 8 aromatic heterocycles. The van der Waals surface area contributed by atoms with Crippen molar-refractivity contribution in [1.82, 2.24) is 29.6 Å². The minimum absolute atomic E-state index is 0. The van der Waals surface area contributed by atoms with E-state index in [-0.39, 0.29) is 102 Å². The van der Waals surface area contributed by atoms with Gasteiger partial charge in [0, 0.05) is 125 Å². The van der Waals surface area contributed by atoms with Crippen LogP contribution >= 0.6 is 99.3 Å². The normalized spacial score (nSPS) is 14.7. The Morgan fingerprint density at radius 2 is 0.991 bits per heavy atom. The molecule has 0 unspecified atom stereocenters. The number of rotatable bonds is 11. The summed E-state index contributed by atoms with van der Waals surface area (Å²) in [6.07, 6.45) is 6.43. The maximum absolute atomic E-state index is 12.4. The van der Waals surface area contributed by atoms with Gasteiger partial charge in [-0.05, 0) is 141 Å². The minimum atomic E-state index is -3.95. The van der Waals surface area contributed by atoms with Crippen molar-refractivity contribution in [2.45, 2.75) is 105 Å². The largest absolute Gasteiger partial charge is 0.465 e. The van der Waals surface area contributed by atoms with Crippen LogP contribution in [0.15, 0.2) is 122 Å². The molecule has 8 N–H and O–H groups in total. The average molecular weight is 1650 g/mol. The van der Waals surface area contributed by atoms with Crippen molar-refractivity contribution in [3.8, 4) is 0 Å². The number of esters is 4. The van der Waals surface area contributed by atoms with Crippen molar-refractivity contribution in [2.75, 3.05) is 69.3 Å². The van der Waals surface area contributed by atoms with Gasteiger partial charge in [-0.3, -0.25) is 33.7 Å². The number of pyridine rings is 4. The highest BCUT2D eigenvalue weighted by Gasteiger charge is 2.42. The summed E-state index contributed by atoms with van der Waals surface area (Å²) in [6.45, 7) is 19.8. The van der Waals surface area contributed by atoms with E-state index in [1.807, 2.05) is 133 Å². The molecule has 108 heavy (non-hydrogen) atoms. The SMILES string of the molecule is COC(=O)c1sc2ccc3ncccc3c2c1N.COC(=O)c1sc2ccc3ncccc3c2c1NC[C@H](C)CC(=O)OC(C)(C)C.COC(=O)c1sc2ccc3ncccc3c2c1NC[C@H](C)N.C[C@H]1CNc2c(sc3ccc4ncccc4c23)C(=O)N1.C[C@H]1COS(=O)(=O)N1C(=O)OC(C)(C)C.S.S.S.S. The number of benzene rings is 4. The zero-order valence-corrected chi connectivity index (χ0v) is 69.6. The molecule has 2 aliphatic rings. The summed E-state index contributed by atoms with van der Waals surface area (Å²) in [7, 11) is 0.171. The van der Waals surface area contributed by atoms with Gasteiger partial charge in [0.05, 0.1) is 78.8 Å². The number of nitrogens with zero attached hydrogens (tertiary/aromatic N) is 5. The highest BCUT2D eigenvalue weighted by Crippen LogP contribution is 2.44. The Labute approximate surface area is 668 Å². The van der Waals surface area contributed by atoms with Gasteiger partial charge in [0.25, 0.3) is 5.91 Å². The lowest BCUT2D eigenvalue weighted by Crippen LogP contribution is -2.41. The zero-order valence-electron chi connectivity index (χ0n) is 61.5. The van der Waals surface area contributed by atoms with Crippen LogP contribution in [0, 0.1) is 5.92 Å². The molecule has 0 spiro atoms. The number of carbonyl (C=O) groups excluding carboxylic acids is 6. The number of methoxy groups -OCH3 is 3. The fourth-order valence-corrected chi connectivity index (χ4v) is 17.0. The molecule has 0 bridgehead atoms. The molecule has 0 radical (unpaired) electrons. The molecule has 4 aromatic carbocycles. The van der Waals surface area contributed by atoms with Crippen LogP contribution in [0.25, 0.3) is 84.0 Å². The Morgan fingerprint density at radius 1 is 0.593 bits per heavy atom. The highest BCUT2D eigenvalue weighted by molar-refractivity contribution is 7.85. The van der Waals surface area contributed by atoms with Gasteiger partial charge in [-0.25, -0.2) is 19.2 Å². The van der Waals surface area contributed by atoms with E-state index in [0.29, 0.717) is 44.1 Å². The number of amides is 2. The van der Waals surface area contributed by atoms with Crippen molar-refractivity contribution in [3.63, 3.8) is 0 Å². The van der Waals surface area contributed by atoms with Crippen molar-refractivity contribution >= 4 is 252 Å². The Balaban J connectivity index is 0.000000212. The second-order valence-electron chi connectivity index (χ2n) is 26.5. The number of fused-ring (bicyclic) bond motifs is 14. The van der Waals surface area contributed by atoms with Crippen LogP contribution in [0.4, 0.5) is 27.5 Å². The van der Waals surface area contributed by atoms with Gasteiger partial charge in [-0.2, -0.15) is 66.7 Å². The van der Waals surface area contributed by atoms with Gasteiger partial charge in [-0.15, -0.1) is 45.3 Å². The number of carbonyl (C=O) groups is 6. The van der Waals surface area contributed by atoms with Crippen molar-refractivity contribution in [3.05, 3.63) is 141 Å². The van der Waals surface area contributed by atoms with E-state index in [1.165, 1.54) is 66.7 Å². The van der Waals surface area contributed by atoms with Gasteiger partial charge in [0.15, 0.2) is 0 Å². The van der Waals surface area contributed by atoms with Crippen LogP contribution in [0.3, 0.4) is 0 Å². The molecule has 2 amide bonds. The van der Waals surface area contributed by atoms with E-state index in [1.54, 1.807) is 52.5 Å². The predicted molar refractivity (Wildman–Crippen MR) is 457 cm³/mol. The lowest BCUT2D eigenvalue weighted by atomic mass is 10.1. The third kappa shape index (κ3) is 20.5. The highest BCUT2D eigenvalue weighted by atomic mass is 32.2. The standard InChI is InChI=1S/C22H26N2O4S.C16H17N3O2S.C15H13N3OS.C13H10N2O2S.C8H15NO5S.4H2S/c1-13(11-17(25)28-22(2,3)4)12-24-19-18-14-7-6-10-23-15(14)8-9-16(18)29-20(19)21(26)27-5;1-9(17)8-19-14-13-10-4-3-7-18-11(10)5-6-12(13)22-15(14)16(20)21-2;1-8-7-17-13-12-9-3-2-6-16-10(9)4-5-11(12)20-14(13)15(19)18-8;1-17-13(16)12-11(14)10-7-3-2-6-15-8(7)4-5-9(10)18-12;1-6-5-13-15(11,12)9(6)7(10)14-8(2,3)4;;;;/h6-10,13,24H,11-12H2,1-5H3;3-7,9,19H,8,17H2,1-2H3;2-6,8,17H,7H2,1H3,(H,18,19);2-6H,14H2,1H3;6H,5H2,1-4H3;4*1H2/t13-;9-;8-;;6-;;;;/m100.0..../s1. The van der Waals surface area contributed by atoms with Crippen molar-refractivity contribution < 1.29 is 65.1 Å². The Bertz CT molecular complexity index is 5370. The lowest BCUT2D eigenvalue weighted by Gasteiger charge is -2.24. The molecule has 25 nitrogen and oxygen atoms in total. The van der Waals surface area contributed by atoms with Gasteiger partial charge in [0.2, 0.25) is 0 Å². The van der Waals surface area contributed by atoms with Crippen LogP contribution in [-0.4, -0.2) is 145 Å². The topological polar surface area (TPSA) is 347 Å². The fraction of sp³-hybridized carbons (Fsp3) is 0.324. The summed E-state index contributed by atoms with van der Waals surface area (Å²) in [5.41, 5.74) is 17.2. The van der Waals surface area contributed by atoms with Crippen LogP contribution in [0.5, 0.6) is 0 Å². The number of thiophene rings is 4. The number of hydrogen-bond acceptors (Lipinski definition) is 27. The average Bonchev–Trinajstić information content (AvgIpc) is 1.61. The first-order valence-electron chi connectivity index (χ1n) is 33.0. The first kappa shape index (κ1) is 88.4. The lowest BCUT2D eigenvalue weighted by molar-refractivity contribution is -0.155. The number of nitrogen functional groups attached to an aromatic ring is 1. The molecule has 2 aliphatic heterocycles. The first-order chi connectivity index (χ1) is 49.4. The Kier molecular flexibility index (Phi) is 30.9. The molecule has 578 valence electrons. The van der Waals surface area contributed by atoms with E-state index in [9.17, 15) is 37.2 Å². The summed E-state index contributed by atoms with van der Waals surface area (Å²) < 4.78 is 56.8. The molecule has 14 rings (SSSR count). The van der Waals surface area contributed by atoms with Crippen molar-refractivity contribution in [2.24, 2.45) is 11.7 Å². The molecule has 1 saturated heterocycles. The van der Waals surface area contributed by atoms with Crippen molar-refractivity contribution in [1.29, 1.82) is 0 Å². The molecule has 34 heteroatoms. The minimum Gasteiger partial charge on any atom is -0.465 e. The fourth-order valence-electron chi connectivity index (χ4n) is 11.4. The quantitative estimate of drug-likeness (QED) is 0.0517. The van der Waals surface area contributed by atoms with E-state index >= 15 is 0 Å². The molecule has 10 heterocycles. The third-order valence-electron chi connectivity index (χ3n) is 15.9. The molecule has 0 aliphatic carbocycles. The summed E-state index contributed by atoms with van der Waals surface area (Å²) in [5.74, 6) is -1.32. The maximum Gasteiger partial charge on any atom is 0.426 e. The van der Waals surface area contributed by atoms with Gasteiger partial charge < -0.3 is 56.4 Å². The van der Waals surface area contributed by atoms with E-state index in [4.69, 9.17) is 35.2 Å². The van der Waals surface area contributed by atoms with E-state index in [0.717, 1.165) is 112 Å². The van der Waals surface area contributed by atoms with Crippen LogP contribution in [0.2, 0.25) is 0 Å². The number of anilines is 4. The van der Waals surface area contributed by atoms with Crippen LogP contribution in [0.1, 0.15) is 114 Å². The van der Waals surface area contributed by atoms with Crippen LogP contribution in [-0.2, 0) is 43.0 Å². The smallest absolute Gasteiger partial charge is 0.426 e. The van der Waals surface area contributed by atoms with Gasteiger partial charge in [0.1, 0.15) is 30.7 Å². The van der Waals surface area contributed by atoms with Gasteiger partial charge in [-0.1, -0.05) is 31.2 Å². The summed E-state index contributed by atoms with van der Waals surface area (Å²) in [4.78, 5) is 91.8. The zero-order chi connectivity index (χ0) is 75.1. The molecule has 1 fully saturated rings.